The van der Waals surface area contributed by atoms with Gasteiger partial charge in [0, 0.05) is 0 Å². The Bertz CT molecular complexity index is 297. The van der Waals surface area contributed by atoms with Crippen molar-refractivity contribution >= 4 is 10.0 Å². The van der Waals surface area contributed by atoms with Crippen molar-refractivity contribution in [2.24, 2.45) is 5.92 Å². The first-order valence-electron chi connectivity index (χ1n) is 5.05. The van der Waals surface area contributed by atoms with Crippen molar-refractivity contribution in [2.75, 3.05) is 12.3 Å². The predicted octanol–water partition coefficient (Wildman–Crippen LogP) is 1.12. The summed E-state index contributed by atoms with van der Waals surface area (Å²) in [4.78, 5) is 0. The van der Waals surface area contributed by atoms with Crippen molar-refractivity contribution in [1.29, 1.82) is 0 Å². The van der Waals surface area contributed by atoms with Crippen molar-refractivity contribution < 1.29 is 8.42 Å². The molecule has 0 saturated heterocycles. The third kappa shape index (κ3) is 4.12. The van der Waals surface area contributed by atoms with E-state index in [1.54, 1.807) is 0 Å². The molecule has 1 aliphatic carbocycles. The molecule has 0 bridgehead atoms. The van der Waals surface area contributed by atoms with Gasteiger partial charge in [-0.1, -0.05) is 25.2 Å². The van der Waals surface area contributed by atoms with E-state index in [1.807, 2.05) is 0 Å². The highest BCUT2D eigenvalue weighted by Gasteiger charge is 2.20. The molecule has 0 aromatic rings. The molecule has 1 fully saturated rings. The van der Waals surface area contributed by atoms with E-state index in [4.69, 9.17) is 6.42 Å². The van der Waals surface area contributed by atoms with Gasteiger partial charge in [-0.05, 0) is 18.8 Å². The molecule has 0 aromatic carbocycles. The molecule has 1 rings (SSSR count). The molecule has 1 saturated carbocycles. The summed E-state index contributed by atoms with van der Waals surface area (Å²) in [6, 6.07) is 0. The van der Waals surface area contributed by atoms with Gasteiger partial charge >= 0.3 is 0 Å². The summed E-state index contributed by atoms with van der Waals surface area (Å²) in [6.07, 6.45) is 10.6. The summed E-state index contributed by atoms with van der Waals surface area (Å²) >= 11 is 0. The third-order valence-electron chi connectivity index (χ3n) is 2.57. The van der Waals surface area contributed by atoms with Gasteiger partial charge in [-0.2, -0.15) is 0 Å². The van der Waals surface area contributed by atoms with Crippen molar-refractivity contribution in [2.45, 2.75) is 32.1 Å². The van der Waals surface area contributed by atoms with Crippen LogP contribution in [-0.2, 0) is 10.0 Å². The summed E-state index contributed by atoms with van der Waals surface area (Å²) in [6.45, 7) is 0.106. The lowest BCUT2D eigenvalue weighted by Crippen LogP contribution is -2.30. The predicted molar refractivity (Wildman–Crippen MR) is 57.2 cm³/mol. The van der Waals surface area contributed by atoms with Crippen LogP contribution in [0.3, 0.4) is 0 Å². The molecule has 0 amide bonds. The molecule has 0 heterocycles. The average molecular weight is 215 g/mol. The van der Waals surface area contributed by atoms with Crippen LogP contribution in [0, 0.1) is 18.3 Å². The molecule has 0 radical (unpaired) electrons. The van der Waals surface area contributed by atoms with Crippen LogP contribution < -0.4 is 4.72 Å². The number of hydrogen-bond acceptors (Lipinski definition) is 2. The Balaban J connectivity index is 2.38. The van der Waals surface area contributed by atoms with E-state index < -0.39 is 10.0 Å². The van der Waals surface area contributed by atoms with Gasteiger partial charge in [0.1, 0.15) is 0 Å². The lowest BCUT2D eigenvalue weighted by molar-refractivity contribution is 0.384. The zero-order valence-corrected chi connectivity index (χ0v) is 9.15. The van der Waals surface area contributed by atoms with Crippen LogP contribution in [0.1, 0.15) is 32.1 Å². The highest BCUT2D eigenvalue weighted by molar-refractivity contribution is 7.89. The van der Waals surface area contributed by atoms with Crippen LogP contribution in [0.15, 0.2) is 0 Å². The van der Waals surface area contributed by atoms with Gasteiger partial charge in [0.2, 0.25) is 10.0 Å². The standard InChI is InChI=1S/C10H17NO2S/c1-2-8-11-14(12,13)9-10-6-4-3-5-7-10/h1,10-11H,3-9H2. The second-order valence-corrected chi connectivity index (χ2v) is 5.66. The Morgan fingerprint density at radius 3 is 2.50 bits per heavy atom. The Morgan fingerprint density at radius 1 is 1.29 bits per heavy atom. The van der Waals surface area contributed by atoms with Crippen molar-refractivity contribution in [3.05, 3.63) is 0 Å². The smallest absolute Gasteiger partial charge is 0.212 e. The maximum Gasteiger partial charge on any atom is 0.212 e. The maximum absolute atomic E-state index is 11.5. The molecule has 80 valence electrons. The average Bonchev–Trinajstić information content (AvgIpc) is 2.16. The highest BCUT2D eigenvalue weighted by atomic mass is 32.2. The van der Waals surface area contributed by atoms with Crippen LogP contribution in [0.5, 0.6) is 0 Å². The SMILES string of the molecule is C#CCNS(=O)(=O)CC1CCCCC1. The minimum Gasteiger partial charge on any atom is -0.212 e. The van der Waals surface area contributed by atoms with E-state index >= 15 is 0 Å². The van der Waals surface area contributed by atoms with Gasteiger partial charge in [0.25, 0.3) is 0 Å². The van der Waals surface area contributed by atoms with Crippen molar-refractivity contribution in [3.63, 3.8) is 0 Å². The summed E-state index contributed by atoms with van der Waals surface area (Å²) in [7, 11) is -3.14. The van der Waals surface area contributed by atoms with E-state index in [1.165, 1.54) is 6.42 Å². The summed E-state index contributed by atoms with van der Waals surface area (Å²) < 4.78 is 25.3. The van der Waals surface area contributed by atoms with Crippen molar-refractivity contribution in [3.8, 4) is 12.3 Å². The van der Waals surface area contributed by atoms with Gasteiger partial charge in [0.05, 0.1) is 12.3 Å². The van der Waals surface area contributed by atoms with Gasteiger partial charge in [-0.15, -0.1) is 6.42 Å². The summed E-state index contributed by atoms with van der Waals surface area (Å²) in [5, 5.41) is 0. The Labute approximate surface area is 86.3 Å². The van der Waals surface area contributed by atoms with Crippen LogP contribution in [0.2, 0.25) is 0 Å². The fourth-order valence-electron chi connectivity index (χ4n) is 1.87. The lowest BCUT2D eigenvalue weighted by atomic mass is 9.91. The third-order valence-corrected chi connectivity index (χ3v) is 4.07. The van der Waals surface area contributed by atoms with E-state index in [0.717, 1.165) is 25.7 Å². The number of terminal acetylenes is 1. The summed E-state index contributed by atoms with van der Waals surface area (Å²) in [5.74, 6) is 2.85. The molecule has 1 N–H and O–H groups in total. The molecular formula is C10H17NO2S. The number of sulfonamides is 1. The molecule has 0 atom stereocenters. The first-order valence-corrected chi connectivity index (χ1v) is 6.70. The zero-order valence-electron chi connectivity index (χ0n) is 8.33. The molecule has 14 heavy (non-hydrogen) atoms. The van der Waals surface area contributed by atoms with Crippen molar-refractivity contribution in [1.82, 2.24) is 4.72 Å². The van der Waals surface area contributed by atoms with E-state index in [9.17, 15) is 8.42 Å². The normalized spacial score (nSPS) is 19.1. The van der Waals surface area contributed by atoms with Crippen LogP contribution >= 0.6 is 0 Å². The molecule has 0 unspecified atom stereocenters. The maximum atomic E-state index is 11.5. The topological polar surface area (TPSA) is 46.2 Å². The highest BCUT2D eigenvalue weighted by Crippen LogP contribution is 2.24. The minimum atomic E-state index is -3.14. The second-order valence-electron chi connectivity index (χ2n) is 3.81. The number of rotatable bonds is 4. The largest absolute Gasteiger partial charge is 0.212 e. The molecule has 3 nitrogen and oxygen atoms in total. The first-order chi connectivity index (χ1) is 6.64. The minimum absolute atomic E-state index is 0.106. The molecular weight excluding hydrogens is 198 g/mol. The van der Waals surface area contributed by atoms with E-state index in [0.29, 0.717) is 5.92 Å². The van der Waals surface area contributed by atoms with E-state index in [-0.39, 0.29) is 12.3 Å². The molecule has 0 aromatic heterocycles. The second kappa shape index (κ2) is 5.38. The zero-order chi connectivity index (χ0) is 10.4. The Hall–Kier alpha value is -0.530. The van der Waals surface area contributed by atoms with Gasteiger partial charge < -0.3 is 0 Å². The van der Waals surface area contributed by atoms with Gasteiger partial charge in [0.15, 0.2) is 0 Å². The lowest BCUT2D eigenvalue weighted by Gasteiger charge is -2.20. The number of hydrogen-bond donors (Lipinski definition) is 1. The Kier molecular flexibility index (Phi) is 4.43. The van der Waals surface area contributed by atoms with Gasteiger partial charge in [-0.25, -0.2) is 13.1 Å². The molecule has 1 aliphatic rings. The molecule has 0 aliphatic heterocycles. The van der Waals surface area contributed by atoms with E-state index in [2.05, 4.69) is 10.6 Å². The monoisotopic (exact) mass is 215 g/mol. The fraction of sp³-hybridized carbons (Fsp3) is 0.800. The van der Waals surface area contributed by atoms with Crippen LogP contribution in [0.4, 0.5) is 0 Å². The Morgan fingerprint density at radius 2 is 1.93 bits per heavy atom. The number of nitrogens with one attached hydrogen (secondary N) is 1. The van der Waals surface area contributed by atoms with Crippen LogP contribution in [0.25, 0.3) is 0 Å². The first kappa shape index (κ1) is 11.5. The van der Waals surface area contributed by atoms with Gasteiger partial charge in [-0.3, -0.25) is 0 Å². The summed E-state index contributed by atoms with van der Waals surface area (Å²) in [5.41, 5.74) is 0. The van der Waals surface area contributed by atoms with Crippen LogP contribution in [-0.4, -0.2) is 20.7 Å². The molecule has 0 spiro atoms. The quantitative estimate of drug-likeness (QED) is 0.714. The fourth-order valence-corrected chi connectivity index (χ4v) is 3.25. The molecule has 4 heteroatoms.